The Balaban J connectivity index is 1.87. The van der Waals surface area contributed by atoms with Gasteiger partial charge in [0.05, 0.1) is 24.1 Å². The van der Waals surface area contributed by atoms with Crippen LogP contribution in [0.15, 0.2) is 36.9 Å². The van der Waals surface area contributed by atoms with Crippen molar-refractivity contribution in [2.45, 2.75) is 6.54 Å². The maximum absolute atomic E-state index is 4.61. The molecule has 1 N–H and O–H groups in total. The third-order valence-corrected chi connectivity index (χ3v) is 3.24. The van der Waals surface area contributed by atoms with Crippen LogP contribution in [0.1, 0.15) is 5.69 Å². The summed E-state index contributed by atoms with van der Waals surface area (Å²) >= 11 is 0. The minimum Gasteiger partial charge on any atom is -0.362 e. The fourth-order valence-electron chi connectivity index (χ4n) is 2.37. The Kier molecular flexibility index (Phi) is 2.00. The van der Waals surface area contributed by atoms with Crippen LogP contribution in [0.25, 0.3) is 16.8 Å². The summed E-state index contributed by atoms with van der Waals surface area (Å²) in [6.07, 6.45) is 7.60. The number of fused-ring (bicyclic) bond motifs is 3. The summed E-state index contributed by atoms with van der Waals surface area (Å²) in [4.78, 5) is 4.12. The van der Waals surface area contributed by atoms with Crippen molar-refractivity contribution >= 4 is 5.82 Å². The standard InChI is InChI=1S/C13H12N6/c1-18-7-11-10-8-19(9-3-2-4-14-5-9)16-12(10)6-15-13(11)17-18/h2-5,7-8H,6H2,1H3,(H,15,17). The van der Waals surface area contributed by atoms with E-state index in [9.17, 15) is 0 Å². The average molecular weight is 252 g/mol. The van der Waals surface area contributed by atoms with Gasteiger partial charge in [0, 0.05) is 36.8 Å². The SMILES string of the molecule is Cn1cc2c(n1)NCc1nn(-c3cccnc3)cc1-2. The molecule has 0 spiro atoms. The second-order valence-corrected chi connectivity index (χ2v) is 4.56. The molecule has 3 aromatic rings. The third kappa shape index (κ3) is 1.53. The second-order valence-electron chi connectivity index (χ2n) is 4.56. The predicted molar refractivity (Wildman–Crippen MR) is 70.9 cm³/mol. The van der Waals surface area contributed by atoms with Crippen LogP contribution in [0.5, 0.6) is 0 Å². The smallest absolute Gasteiger partial charge is 0.156 e. The molecular weight excluding hydrogens is 240 g/mol. The molecular formula is C13H12N6. The Morgan fingerprint density at radius 2 is 2.16 bits per heavy atom. The molecule has 0 fully saturated rings. The highest BCUT2D eigenvalue weighted by Crippen LogP contribution is 2.34. The molecule has 1 aliphatic rings. The summed E-state index contributed by atoms with van der Waals surface area (Å²) in [6, 6.07) is 3.90. The molecule has 94 valence electrons. The lowest BCUT2D eigenvalue weighted by Gasteiger charge is -2.10. The van der Waals surface area contributed by atoms with E-state index in [1.54, 1.807) is 12.4 Å². The fourth-order valence-corrected chi connectivity index (χ4v) is 2.37. The van der Waals surface area contributed by atoms with Crippen molar-refractivity contribution in [1.82, 2.24) is 24.5 Å². The second kappa shape index (κ2) is 3.68. The first kappa shape index (κ1) is 10.3. The first-order valence-corrected chi connectivity index (χ1v) is 6.08. The summed E-state index contributed by atoms with van der Waals surface area (Å²) < 4.78 is 3.68. The highest BCUT2D eigenvalue weighted by molar-refractivity contribution is 5.79. The van der Waals surface area contributed by atoms with E-state index < -0.39 is 0 Å². The zero-order valence-electron chi connectivity index (χ0n) is 10.4. The molecule has 0 bridgehead atoms. The Morgan fingerprint density at radius 3 is 3.00 bits per heavy atom. The Hall–Kier alpha value is -2.63. The maximum atomic E-state index is 4.61. The quantitative estimate of drug-likeness (QED) is 0.714. The van der Waals surface area contributed by atoms with E-state index in [0.29, 0.717) is 6.54 Å². The number of aryl methyl sites for hydroxylation is 1. The maximum Gasteiger partial charge on any atom is 0.156 e. The molecule has 3 aromatic heterocycles. The van der Waals surface area contributed by atoms with Gasteiger partial charge in [-0.3, -0.25) is 9.67 Å². The van der Waals surface area contributed by atoms with E-state index in [1.165, 1.54) is 0 Å². The Bertz CT molecular complexity index is 740. The van der Waals surface area contributed by atoms with E-state index in [-0.39, 0.29) is 0 Å². The molecule has 0 aliphatic carbocycles. The average Bonchev–Trinajstić information content (AvgIpc) is 3.01. The first-order chi connectivity index (χ1) is 9.31. The molecule has 0 saturated carbocycles. The van der Waals surface area contributed by atoms with E-state index in [4.69, 9.17) is 0 Å². The van der Waals surface area contributed by atoms with E-state index >= 15 is 0 Å². The van der Waals surface area contributed by atoms with Gasteiger partial charge >= 0.3 is 0 Å². The van der Waals surface area contributed by atoms with E-state index in [1.807, 2.05) is 40.9 Å². The summed E-state index contributed by atoms with van der Waals surface area (Å²) in [6.45, 7) is 0.701. The van der Waals surface area contributed by atoms with Crippen molar-refractivity contribution in [2.75, 3.05) is 5.32 Å². The van der Waals surface area contributed by atoms with Crippen molar-refractivity contribution < 1.29 is 0 Å². The van der Waals surface area contributed by atoms with Crippen LogP contribution in [0.2, 0.25) is 0 Å². The van der Waals surface area contributed by atoms with Crippen LogP contribution in [0, 0.1) is 0 Å². The van der Waals surface area contributed by atoms with Crippen molar-refractivity contribution in [1.29, 1.82) is 0 Å². The number of nitrogens with one attached hydrogen (secondary N) is 1. The lowest BCUT2D eigenvalue weighted by Crippen LogP contribution is -2.07. The summed E-state index contributed by atoms with van der Waals surface area (Å²) in [7, 11) is 1.92. The van der Waals surface area contributed by atoms with Gasteiger partial charge in [-0.1, -0.05) is 0 Å². The van der Waals surface area contributed by atoms with E-state index in [0.717, 1.165) is 28.3 Å². The molecule has 4 heterocycles. The minimum absolute atomic E-state index is 0.701. The number of rotatable bonds is 1. The van der Waals surface area contributed by atoms with Crippen molar-refractivity contribution in [2.24, 2.45) is 7.05 Å². The lowest BCUT2D eigenvalue weighted by atomic mass is 10.1. The van der Waals surface area contributed by atoms with Crippen molar-refractivity contribution in [3.63, 3.8) is 0 Å². The van der Waals surface area contributed by atoms with Crippen molar-refractivity contribution in [3.05, 3.63) is 42.6 Å². The predicted octanol–water partition coefficient (Wildman–Crippen LogP) is 1.59. The van der Waals surface area contributed by atoms with Gasteiger partial charge in [-0.05, 0) is 12.1 Å². The van der Waals surface area contributed by atoms with E-state index in [2.05, 4.69) is 20.5 Å². The molecule has 6 heteroatoms. The lowest BCUT2D eigenvalue weighted by molar-refractivity contribution is 0.767. The Labute approximate surface area is 109 Å². The van der Waals surface area contributed by atoms with Crippen molar-refractivity contribution in [3.8, 4) is 16.8 Å². The molecule has 0 unspecified atom stereocenters. The van der Waals surface area contributed by atoms with Crippen LogP contribution in [0.3, 0.4) is 0 Å². The van der Waals surface area contributed by atoms with Crippen LogP contribution in [0.4, 0.5) is 5.82 Å². The molecule has 0 amide bonds. The number of hydrogen-bond acceptors (Lipinski definition) is 4. The highest BCUT2D eigenvalue weighted by Gasteiger charge is 2.22. The van der Waals surface area contributed by atoms with Gasteiger partial charge < -0.3 is 5.32 Å². The molecule has 0 radical (unpaired) electrons. The Morgan fingerprint density at radius 1 is 1.21 bits per heavy atom. The zero-order valence-corrected chi connectivity index (χ0v) is 10.4. The molecule has 6 nitrogen and oxygen atoms in total. The molecule has 0 saturated heterocycles. The molecule has 4 rings (SSSR count). The molecule has 1 aliphatic heterocycles. The zero-order chi connectivity index (χ0) is 12.8. The van der Waals surface area contributed by atoms with Gasteiger partial charge in [0.2, 0.25) is 0 Å². The summed E-state index contributed by atoms with van der Waals surface area (Å²) in [5.74, 6) is 0.917. The van der Waals surface area contributed by atoms with Crippen LogP contribution >= 0.6 is 0 Å². The van der Waals surface area contributed by atoms with Gasteiger partial charge in [-0.2, -0.15) is 10.2 Å². The first-order valence-electron chi connectivity index (χ1n) is 6.08. The van der Waals surface area contributed by atoms with Gasteiger partial charge in [-0.25, -0.2) is 4.68 Å². The molecule has 0 atom stereocenters. The highest BCUT2D eigenvalue weighted by atomic mass is 15.3. The van der Waals surface area contributed by atoms with Gasteiger partial charge in [0.15, 0.2) is 5.82 Å². The van der Waals surface area contributed by atoms with Crippen LogP contribution < -0.4 is 5.32 Å². The van der Waals surface area contributed by atoms with Gasteiger partial charge in [0.1, 0.15) is 0 Å². The number of hydrogen-bond donors (Lipinski definition) is 1. The summed E-state index contributed by atoms with van der Waals surface area (Å²) in [5.41, 5.74) is 4.22. The number of anilines is 1. The fraction of sp³-hybridized carbons (Fsp3) is 0.154. The number of pyridine rings is 1. The third-order valence-electron chi connectivity index (χ3n) is 3.24. The minimum atomic E-state index is 0.701. The molecule has 19 heavy (non-hydrogen) atoms. The topological polar surface area (TPSA) is 60.6 Å². The van der Waals surface area contributed by atoms with Crippen LogP contribution in [-0.4, -0.2) is 24.5 Å². The van der Waals surface area contributed by atoms with Gasteiger partial charge in [-0.15, -0.1) is 0 Å². The van der Waals surface area contributed by atoms with Crippen LogP contribution in [-0.2, 0) is 13.6 Å². The monoisotopic (exact) mass is 252 g/mol. The number of aromatic nitrogens is 5. The molecule has 0 aromatic carbocycles. The number of nitrogens with zero attached hydrogens (tertiary/aromatic N) is 5. The largest absolute Gasteiger partial charge is 0.362 e. The summed E-state index contributed by atoms with van der Waals surface area (Å²) in [5, 5.41) is 12.3. The van der Waals surface area contributed by atoms with Gasteiger partial charge in [0.25, 0.3) is 0 Å². The normalized spacial score (nSPS) is 12.7.